The molecule has 0 radical (unpaired) electrons. The molecule has 0 saturated heterocycles. The molecule has 10 nitrogen and oxygen atoms in total. The second kappa shape index (κ2) is 21.3. The first-order valence-electron chi connectivity index (χ1n) is 13.6. The Morgan fingerprint density at radius 2 is 1.09 bits per heavy atom. The molecule has 0 heterocycles. The summed E-state index contributed by atoms with van der Waals surface area (Å²) >= 11 is 0. The Kier molecular flexibility index (Phi) is 17.8. The summed E-state index contributed by atoms with van der Waals surface area (Å²) < 4.78 is 19.1. The van der Waals surface area contributed by atoms with Crippen molar-refractivity contribution in [1.82, 2.24) is 0 Å². The fraction of sp³-hybridized carbons (Fsp3) is 0.235. The number of nitrogens with two attached hydrogens (primary N) is 2. The Morgan fingerprint density at radius 3 is 1.45 bits per heavy atom. The van der Waals surface area contributed by atoms with E-state index in [1.54, 1.807) is 24.3 Å². The van der Waals surface area contributed by atoms with Crippen molar-refractivity contribution in [1.29, 1.82) is 0 Å². The zero-order valence-electron chi connectivity index (χ0n) is 25.4. The van der Waals surface area contributed by atoms with E-state index in [1.807, 2.05) is 66.7 Å². The summed E-state index contributed by atoms with van der Waals surface area (Å²) in [4.78, 5) is 43.6. The second-order valence-electron chi connectivity index (χ2n) is 9.17. The number of rotatable bonds is 10. The first-order valence-corrected chi connectivity index (χ1v) is 13.6. The van der Waals surface area contributed by atoms with Gasteiger partial charge in [-0.05, 0) is 47.4 Å². The molecule has 0 aromatic heterocycles. The molecule has 0 aliphatic heterocycles. The predicted octanol–water partition coefficient (Wildman–Crippen LogP) is 4.88. The van der Waals surface area contributed by atoms with Crippen molar-refractivity contribution in [3.8, 4) is 0 Å². The van der Waals surface area contributed by atoms with Crippen LogP contribution in [0.25, 0.3) is 12.2 Å². The number of ether oxygens (including phenoxy) is 4. The highest BCUT2D eigenvalue weighted by molar-refractivity contribution is 5.87. The van der Waals surface area contributed by atoms with Crippen LogP contribution in [-0.2, 0) is 44.5 Å². The van der Waals surface area contributed by atoms with E-state index in [0.717, 1.165) is 16.7 Å². The molecule has 44 heavy (non-hydrogen) atoms. The zero-order valence-corrected chi connectivity index (χ0v) is 25.4. The molecule has 0 amide bonds. The molecule has 0 spiro atoms. The molecule has 0 aliphatic rings. The van der Waals surface area contributed by atoms with Gasteiger partial charge in [-0.1, -0.05) is 66.7 Å². The number of carbonyl (C=O) groups excluding carboxylic acids is 4. The Bertz CT molecular complexity index is 1290. The summed E-state index contributed by atoms with van der Waals surface area (Å²) in [5.41, 5.74) is 15.6. The van der Waals surface area contributed by atoms with Gasteiger partial charge in [0, 0.05) is 43.3 Å². The summed E-state index contributed by atoms with van der Waals surface area (Å²) in [6, 6.07) is 24.2. The van der Waals surface area contributed by atoms with Crippen LogP contribution in [0.3, 0.4) is 0 Å². The van der Waals surface area contributed by atoms with Crippen LogP contribution in [0.15, 0.2) is 91.0 Å². The number of nitrogen functional groups attached to an aromatic ring is 2. The van der Waals surface area contributed by atoms with Crippen molar-refractivity contribution in [3.63, 3.8) is 0 Å². The maximum absolute atomic E-state index is 12.2. The van der Waals surface area contributed by atoms with Gasteiger partial charge < -0.3 is 30.4 Å². The number of esters is 4. The van der Waals surface area contributed by atoms with Crippen LogP contribution in [-0.4, -0.2) is 51.3 Å². The minimum atomic E-state index is -0.477. The lowest BCUT2D eigenvalue weighted by atomic mass is 9.99. The first-order chi connectivity index (χ1) is 21.0. The third kappa shape index (κ3) is 17.4. The lowest BCUT2D eigenvalue weighted by molar-refractivity contribution is -0.143. The smallest absolute Gasteiger partial charge is 0.330 e. The minimum Gasteiger partial charge on any atom is -0.469 e. The fourth-order valence-corrected chi connectivity index (χ4v) is 3.23. The van der Waals surface area contributed by atoms with E-state index >= 15 is 0 Å². The number of hydrogen-bond donors (Lipinski definition) is 2. The normalized spacial score (nSPS) is 10.2. The quantitative estimate of drug-likeness (QED) is 0.141. The van der Waals surface area contributed by atoms with Gasteiger partial charge in [-0.2, -0.15) is 0 Å². The third-order valence-electron chi connectivity index (χ3n) is 5.60. The van der Waals surface area contributed by atoms with Gasteiger partial charge in [0.05, 0.1) is 27.4 Å². The number of anilines is 2. The molecule has 3 aromatic rings. The number of methoxy groups -OCH3 is 2. The Hall–Kier alpha value is -5.38. The molecule has 0 fully saturated rings. The number of benzene rings is 3. The molecule has 0 atom stereocenters. The Morgan fingerprint density at radius 1 is 0.682 bits per heavy atom. The van der Waals surface area contributed by atoms with Crippen LogP contribution in [0.4, 0.5) is 11.4 Å². The van der Waals surface area contributed by atoms with E-state index in [1.165, 1.54) is 40.2 Å². The molecule has 0 bridgehead atoms. The zero-order chi connectivity index (χ0) is 32.7. The van der Waals surface area contributed by atoms with Crippen molar-refractivity contribution in [2.45, 2.75) is 20.3 Å². The predicted molar refractivity (Wildman–Crippen MR) is 171 cm³/mol. The van der Waals surface area contributed by atoms with E-state index in [0.29, 0.717) is 17.8 Å². The SMILES string of the molecule is COC(C)=O.COC(C)=O.Nc1ccc(CC(COC(=O)/C=C/c2ccccc2)COC(=O)/C=C/c2ccccc2)c(N)c1. The summed E-state index contributed by atoms with van der Waals surface area (Å²) in [5.74, 6) is -1.73. The molecule has 0 unspecified atom stereocenters. The van der Waals surface area contributed by atoms with Crippen LogP contribution in [0.1, 0.15) is 30.5 Å². The van der Waals surface area contributed by atoms with Gasteiger partial charge in [0.15, 0.2) is 0 Å². The van der Waals surface area contributed by atoms with E-state index < -0.39 is 11.9 Å². The van der Waals surface area contributed by atoms with Crippen LogP contribution in [0.2, 0.25) is 0 Å². The van der Waals surface area contributed by atoms with Crippen molar-refractivity contribution < 1.29 is 38.1 Å². The lowest BCUT2D eigenvalue weighted by Gasteiger charge is -2.18. The second-order valence-corrected chi connectivity index (χ2v) is 9.17. The highest BCUT2D eigenvalue weighted by atomic mass is 16.5. The standard InChI is InChI=1S/C28H28N2O4.2C3H6O2/c29-25-14-13-24(26(30)18-25)17-23(19-33-27(31)15-11-21-7-3-1-4-8-21)20-34-28(32)16-12-22-9-5-2-6-10-22;2*1-3(4)5-2/h1-16,18,23H,17,19-20,29-30H2;2*1-2H3/b15-11+,16-12+;;. The van der Waals surface area contributed by atoms with Crippen LogP contribution >= 0.6 is 0 Å². The van der Waals surface area contributed by atoms with Gasteiger partial charge in [0.1, 0.15) is 0 Å². The van der Waals surface area contributed by atoms with Gasteiger partial charge in [0.25, 0.3) is 0 Å². The van der Waals surface area contributed by atoms with Gasteiger partial charge in [-0.15, -0.1) is 0 Å². The summed E-state index contributed by atoms with van der Waals surface area (Å²) in [5, 5.41) is 0. The molecule has 3 aromatic carbocycles. The molecule has 4 N–H and O–H groups in total. The van der Waals surface area contributed by atoms with Crippen LogP contribution in [0.5, 0.6) is 0 Å². The lowest BCUT2D eigenvalue weighted by Crippen LogP contribution is -2.22. The summed E-state index contributed by atoms with van der Waals surface area (Å²) in [7, 11) is 2.70. The number of hydrogen-bond acceptors (Lipinski definition) is 10. The van der Waals surface area contributed by atoms with Crippen molar-refractivity contribution in [3.05, 3.63) is 108 Å². The van der Waals surface area contributed by atoms with E-state index in [2.05, 4.69) is 9.47 Å². The van der Waals surface area contributed by atoms with Crippen molar-refractivity contribution in [2.75, 3.05) is 38.9 Å². The summed E-state index contributed by atoms with van der Waals surface area (Å²) in [6.45, 7) is 2.86. The van der Waals surface area contributed by atoms with Crippen molar-refractivity contribution in [2.24, 2.45) is 5.92 Å². The highest BCUT2D eigenvalue weighted by Gasteiger charge is 2.16. The van der Waals surface area contributed by atoms with E-state index in [4.69, 9.17) is 20.9 Å². The maximum atomic E-state index is 12.2. The van der Waals surface area contributed by atoms with Crippen LogP contribution in [0, 0.1) is 5.92 Å². The van der Waals surface area contributed by atoms with Crippen molar-refractivity contribution >= 4 is 47.4 Å². The molecule has 0 saturated carbocycles. The van der Waals surface area contributed by atoms with Gasteiger partial charge in [0.2, 0.25) is 0 Å². The molecule has 0 aliphatic carbocycles. The molecule has 10 heteroatoms. The van der Waals surface area contributed by atoms with Gasteiger partial charge >= 0.3 is 23.9 Å². The topological polar surface area (TPSA) is 157 Å². The molecule has 3 rings (SSSR count). The Balaban J connectivity index is 0.000000837. The largest absolute Gasteiger partial charge is 0.469 e. The summed E-state index contributed by atoms with van der Waals surface area (Å²) in [6.07, 6.45) is 6.57. The molecular weight excluding hydrogens is 564 g/mol. The maximum Gasteiger partial charge on any atom is 0.330 e. The highest BCUT2D eigenvalue weighted by Crippen LogP contribution is 2.20. The van der Waals surface area contributed by atoms with E-state index in [9.17, 15) is 19.2 Å². The molecular formula is C34H40N2O8. The van der Waals surface area contributed by atoms with E-state index in [-0.39, 0.29) is 31.1 Å². The van der Waals surface area contributed by atoms with Crippen LogP contribution < -0.4 is 11.5 Å². The third-order valence-corrected chi connectivity index (χ3v) is 5.60. The molecule has 234 valence electrons. The first kappa shape index (κ1) is 36.6. The Labute approximate surface area is 258 Å². The fourth-order valence-electron chi connectivity index (χ4n) is 3.23. The minimum absolute atomic E-state index is 0.0669. The monoisotopic (exact) mass is 604 g/mol. The average Bonchev–Trinajstić information content (AvgIpc) is 3.02. The van der Waals surface area contributed by atoms with Gasteiger partial charge in [-0.25, -0.2) is 9.59 Å². The number of carbonyl (C=O) groups is 4. The van der Waals surface area contributed by atoms with Gasteiger partial charge in [-0.3, -0.25) is 9.59 Å². The average molecular weight is 605 g/mol.